The van der Waals surface area contributed by atoms with Gasteiger partial charge in [-0.1, -0.05) is 30.3 Å². The van der Waals surface area contributed by atoms with Crippen molar-refractivity contribution in [3.05, 3.63) is 93.8 Å². The van der Waals surface area contributed by atoms with Crippen LogP contribution in [0.15, 0.2) is 65.6 Å². The van der Waals surface area contributed by atoms with E-state index in [1.807, 2.05) is 18.2 Å². The summed E-state index contributed by atoms with van der Waals surface area (Å²) in [6.45, 7) is -0.608. The van der Waals surface area contributed by atoms with E-state index >= 15 is 8.78 Å². The van der Waals surface area contributed by atoms with Gasteiger partial charge in [-0.25, -0.2) is 18.4 Å². The van der Waals surface area contributed by atoms with Crippen molar-refractivity contribution in [2.45, 2.75) is 49.7 Å². The summed E-state index contributed by atoms with van der Waals surface area (Å²) in [7, 11) is 0. The molecule has 12 nitrogen and oxygen atoms in total. The summed E-state index contributed by atoms with van der Waals surface area (Å²) in [5.74, 6) is -2.32. The summed E-state index contributed by atoms with van der Waals surface area (Å²) in [4.78, 5) is 41.8. The average molecular weight is 690 g/mol. The highest BCUT2D eigenvalue weighted by molar-refractivity contribution is 5.98. The molecule has 3 fully saturated rings. The van der Waals surface area contributed by atoms with Gasteiger partial charge in [0.15, 0.2) is 23.1 Å². The molecule has 0 spiro atoms. The van der Waals surface area contributed by atoms with E-state index in [4.69, 9.17) is 18.9 Å². The number of anilines is 2. The van der Waals surface area contributed by atoms with Crippen LogP contribution in [0.5, 0.6) is 11.5 Å². The molecule has 1 amide bonds. The highest BCUT2D eigenvalue weighted by Crippen LogP contribution is 2.48. The van der Waals surface area contributed by atoms with E-state index in [1.165, 1.54) is 23.2 Å². The van der Waals surface area contributed by atoms with Crippen LogP contribution in [0.4, 0.5) is 25.0 Å². The Morgan fingerprint density at radius 1 is 1.04 bits per heavy atom. The number of esters is 1. The first-order chi connectivity index (χ1) is 24.1. The van der Waals surface area contributed by atoms with Crippen molar-refractivity contribution in [1.82, 2.24) is 4.57 Å². The van der Waals surface area contributed by atoms with Gasteiger partial charge in [-0.3, -0.25) is 9.69 Å². The van der Waals surface area contributed by atoms with Gasteiger partial charge in [-0.2, -0.15) is 0 Å². The standard InChI is InChI=1S/C36H33F2N3O9/c37-27-10-22(40-13-24(15-42)50-35(40)45)8-9-29(27)49-19-36(46)12-23-17-47-33-30-25(11-28(38)31(33)41(23)18-36)32(43)26(14-39(30)21-6-7-21)34(44)48-16-20-4-2-1-3-5-20/h1-5,8-11,14,21,23-24,42,46H,6-7,12-13,15-19H2/t23-,24?,36-/m0/s1. The molecule has 1 unspecified atom stereocenters. The van der Waals surface area contributed by atoms with Gasteiger partial charge < -0.3 is 38.6 Å². The normalized spacial score (nSPS) is 22.6. The van der Waals surface area contributed by atoms with Crippen LogP contribution in [0.25, 0.3) is 10.9 Å². The number of benzene rings is 3. The molecule has 1 aromatic heterocycles. The maximum absolute atomic E-state index is 16.1. The molecule has 3 aliphatic heterocycles. The lowest BCUT2D eigenvalue weighted by Crippen LogP contribution is -2.41. The Morgan fingerprint density at radius 3 is 2.56 bits per heavy atom. The molecule has 4 aliphatic rings. The molecule has 1 saturated carbocycles. The minimum Gasteiger partial charge on any atom is -0.487 e. The van der Waals surface area contributed by atoms with E-state index in [0.29, 0.717) is 5.52 Å². The van der Waals surface area contributed by atoms with Crippen LogP contribution in [0.2, 0.25) is 0 Å². The highest BCUT2D eigenvalue weighted by Gasteiger charge is 2.48. The lowest BCUT2D eigenvalue weighted by atomic mass is 10.0. The van der Waals surface area contributed by atoms with E-state index in [2.05, 4.69) is 0 Å². The zero-order valence-corrected chi connectivity index (χ0v) is 26.7. The smallest absolute Gasteiger partial charge is 0.414 e. The van der Waals surface area contributed by atoms with E-state index in [0.717, 1.165) is 30.5 Å². The van der Waals surface area contributed by atoms with Gasteiger partial charge in [0.05, 0.1) is 42.3 Å². The SMILES string of the molecule is O=C(OCc1ccccc1)c1cn(C2CC2)c2c3c(c(F)cc2c1=O)N1C[C@](O)(COc2ccc(N4CC(CO)OC4=O)cc2F)C[C@H]1CO3. The van der Waals surface area contributed by atoms with Crippen molar-refractivity contribution in [2.75, 3.05) is 42.7 Å². The maximum atomic E-state index is 16.1. The fourth-order valence-corrected chi connectivity index (χ4v) is 7.00. The Hall–Kier alpha value is -5.21. The van der Waals surface area contributed by atoms with Crippen LogP contribution in [-0.2, 0) is 16.1 Å². The predicted octanol–water partition coefficient (Wildman–Crippen LogP) is 4.07. The van der Waals surface area contributed by atoms with Crippen molar-refractivity contribution in [2.24, 2.45) is 0 Å². The maximum Gasteiger partial charge on any atom is 0.414 e. The van der Waals surface area contributed by atoms with Crippen LogP contribution < -0.4 is 24.7 Å². The fraction of sp³-hybridized carbons (Fsp3) is 0.361. The number of carbonyl (C=O) groups excluding carboxylic acids is 2. The number of carbonyl (C=O) groups is 2. The predicted molar refractivity (Wildman–Crippen MR) is 175 cm³/mol. The minimum atomic E-state index is -1.52. The van der Waals surface area contributed by atoms with Crippen LogP contribution in [0.3, 0.4) is 0 Å². The number of hydrogen-bond acceptors (Lipinski definition) is 10. The molecule has 14 heteroatoms. The largest absolute Gasteiger partial charge is 0.487 e. The molecule has 2 saturated heterocycles. The summed E-state index contributed by atoms with van der Waals surface area (Å²) >= 11 is 0. The number of amides is 1. The molecule has 2 N–H and O–H groups in total. The lowest BCUT2D eigenvalue weighted by molar-refractivity contribution is 0.00980. The Balaban J connectivity index is 1.04. The first-order valence-corrected chi connectivity index (χ1v) is 16.4. The number of aliphatic hydroxyl groups is 2. The number of aliphatic hydroxyl groups excluding tert-OH is 1. The summed E-state index contributed by atoms with van der Waals surface area (Å²) in [6.07, 6.45) is 1.79. The number of halogens is 2. The number of hydrogen-bond donors (Lipinski definition) is 2. The van der Waals surface area contributed by atoms with Crippen LogP contribution in [0, 0.1) is 11.6 Å². The van der Waals surface area contributed by atoms with Gasteiger partial charge >= 0.3 is 12.1 Å². The summed E-state index contributed by atoms with van der Waals surface area (Å²) in [5, 5.41) is 20.9. The van der Waals surface area contributed by atoms with Crippen LogP contribution in [0.1, 0.15) is 41.2 Å². The Kier molecular flexibility index (Phi) is 7.87. The molecule has 3 aromatic carbocycles. The number of fused-ring (bicyclic) bond motifs is 5. The second-order valence-corrected chi connectivity index (χ2v) is 13.2. The second kappa shape index (κ2) is 12.3. The molecule has 4 heterocycles. The molecule has 0 bridgehead atoms. The number of ether oxygens (including phenoxy) is 4. The monoisotopic (exact) mass is 689 g/mol. The average Bonchev–Trinajstić information content (AvgIpc) is 3.80. The summed E-state index contributed by atoms with van der Waals surface area (Å²) < 4.78 is 55.3. The van der Waals surface area contributed by atoms with Gasteiger partial charge in [0.25, 0.3) is 0 Å². The van der Waals surface area contributed by atoms with Gasteiger partial charge in [0.1, 0.15) is 42.8 Å². The van der Waals surface area contributed by atoms with Crippen molar-refractivity contribution in [1.29, 1.82) is 0 Å². The van der Waals surface area contributed by atoms with Gasteiger partial charge in [-0.05, 0) is 36.6 Å². The molecule has 0 radical (unpaired) electrons. The Labute approximate surface area is 283 Å². The Morgan fingerprint density at radius 2 is 1.84 bits per heavy atom. The third-order valence-electron chi connectivity index (χ3n) is 9.60. The number of cyclic esters (lactones) is 1. The first-order valence-electron chi connectivity index (χ1n) is 16.4. The fourth-order valence-electron chi connectivity index (χ4n) is 7.00. The van der Waals surface area contributed by atoms with Gasteiger partial charge in [-0.15, -0.1) is 0 Å². The van der Waals surface area contributed by atoms with E-state index < -0.39 is 46.9 Å². The summed E-state index contributed by atoms with van der Waals surface area (Å²) in [6, 6.07) is 13.6. The molecule has 1 aliphatic carbocycles. The van der Waals surface area contributed by atoms with E-state index in [-0.39, 0.29) is 85.8 Å². The number of rotatable bonds is 9. The highest BCUT2D eigenvalue weighted by atomic mass is 19.1. The molecule has 3 atom stereocenters. The molecular formula is C36H33F2N3O9. The van der Waals surface area contributed by atoms with E-state index in [1.54, 1.807) is 21.6 Å². The van der Waals surface area contributed by atoms with Crippen LogP contribution >= 0.6 is 0 Å². The first kappa shape index (κ1) is 32.0. The molecule has 4 aromatic rings. The molecule has 260 valence electrons. The number of pyridine rings is 1. The third kappa shape index (κ3) is 5.67. The lowest BCUT2D eigenvalue weighted by Gasteiger charge is -2.34. The topological polar surface area (TPSA) is 140 Å². The Bertz CT molecular complexity index is 2070. The van der Waals surface area contributed by atoms with E-state index in [9.17, 15) is 24.6 Å². The minimum absolute atomic E-state index is 0.00782. The number of nitrogens with zero attached hydrogens (tertiary/aromatic N) is 3. The van der Waals surface area contributed by atoms with Crippen molar-refractivity contribution >= 4 is 34.3 Å². The zero-order chi connectivity index (χ0) is 34.7. The second-order valence-electron chi connectivity index (χ2n) is 13.2. The third-order valence-corrected chi connectivity index (χ3v) is 9.60. The van der Waals surface area contributed by atoms with Gasteiger partial charge in [0.2, 0.25) is 5.43 Å². The van der Waals surface area contributed by atoms with Crippen molar-refractivity contribution < 1.29 is 47.5 Å². The zero-order valence-electron chi connectivity index (χ0n) is 26.7. The molecule has 8 rings (SSSR count). The van der Waals surface area contributed by atoms with Crippen molar-refractivity contribution in [3.8, 4) is 11.5 Å². The molecular weight excluding hydrogens is 656 g/mol. The summed E-state index contributed by atoms with van der Waals surface area (Å²) in [5.41, 5.74) is -0.940. The van der Waals surface area contributed by atoms with Crippen molar-refractivity contribution in [3.63, 3.8) is 0 Å². The molecule has 50 heavy (non-hydrogen) atoms. The number of aromatic nitrogens is 1. The van der Waals surface area contributed by atoms with Gasteiger partial charge in [0, 0.05) is 24.7 Å². The quantitative estimate of drug-likeness (QED) is 0.247. The van der Waals surface area contributed by atoms with Crippen LogP contribution in [-0.4, -0.2) is 77.5 Å².